The average molecular weight is 231 g/mol. The molecule has 1 aromatic carbocycles. The van der Waals surface area contributed by atoms with Crippen LogP contribution in [0.15, 0.2) is 18.2 Å². The molecule has 7 heteroatoms. The number of ether oxygens (including phenoxy) is 1. The molecular weight excluding hydrogens is 224 g/mol. The van der Waals surface area contributed by atoms with Gasteiger partial charge in [-0.1, -0.05) is 11.6 Å². The van der Waals surface area contributed by atoms with Crippen molar-refractivity contribution in [2.45, 2.75) is 0 Å². The van der Waals surface area contributed by atoms with Crippen molar-refractivity contribution in [3.63, 3.8) is 0 Å². The molecule has 6 nitrogen and oxygen atoms in total. The predicted octanol–water partition coefficient (Wildman–Crippen LogP) is 1.11. The van der Waals surface area contributed by atoms with Crippen LogP contribution in [0.4, 0.5) is 5.69 Å². The van der Waals surface area contributed by atoms with Crippen LogP contribution in [0.5, 0.6) is 5.75 Å². The number of benzene rings is 1. The van der Waals surface area contributed by atoms with Gasteiger partial charge in [0.15, 0.2) is 12.4 Å². The van der Waals surface area contributed by atoms with Gasteiger partial charge in [0, 0.05) is 17.2 Å². The molecule has 0 fully saturated rings. The van der Waals surface area contributed by atoms with Crippen molar-refractivity contribution < 1.29 is 14.5 Å². The Hall–Kier alpha value is -1.82. The maximum absolute atomic E-state index is 10.5. The van der Waals surface area contributed by atoms with Crippen LogP contribution in [-0.2, 0) is 4.79 Å². The van der Waals surface area contributed by atoms with E-state index >= 15 is 0 Å². The summed E-state index contributed by atoms with van der Waals surface area (Å²) in [5.74, 6) is -0.796. The predicted molar refractivity (Wildman–Crippen MR) is 52.8 cm³/mol. The molecule has 0 aromatic heterocycles. The van der Waals surface area contributed by atoms with Crippen molar-refractivity contribution in [2.24, 2.45) is 5.73 Å². The minimum Gasteiger partial charge on any atom is -0.477 e. The largest absolute Gasteiger partial charge is 0.477 e. The second-order valence-electron chi connectivity index (χ2n) is 2.62. The molecule has 0 aliphatic carbocycles. The number of nitrogens with zero attached hydrogens (tertiary/aromatic N) is 1. The Morgan fingerprint density at radius 1 is 1.60 bits per heavy atom. The van der Waals surface area contributed by atoms with Gasteiger partial charge in [-0.2, -0.15) is 0 Å². The van der Waals surface area contributed by atoms with E-state index in [0.717, 1.165) is 0 Å². The number of primary amides is 1. The van der Waals surface area contributed by atoms with Crippen LogP contribution in [0.3, 0.4) is 0 Å². The van der Waals surface area contributed by atoms with Gasteiger partial charge >= 0.3 is 5.69 Å². The molecular formula is C8H7ClN2O4. The summed E-state index contributed by atoms with van der Waals surface area (Å²) in [5.41, 5.74) is 4.57. The lowest BCUT2D eigenvalue weighted by atomic mass is 10.3. The van der Waals surface area contributed by atoms with E-state index in [2.05, 4.69) is 0 Å². The number of nitro benzene ring substituents is 1. The molecule has 15 heavy (non-hydrogen) atoms. The molecule has 1 aromatic rings. The number of nitrogens with two attached hydrogens (primary N) is 1. The number of carbonyl (C=O) groups excluding carboxylic acids is 1. The van der Waals surface area contributed by atoms with Gasteiger partial charge < -0.3 is 10.5 Å². The van der Waals surface area contributed by atoms with Crippen molar-refractivity contribution in [1.29, 1.82) is 0 Å². The molecule has 0 unspecified atom stereocenters. The van der Waals surface area contributed by atoms with Crippen LogP contribution < -0.4 is 10.5 Å². The molecule has 2 N–H and O–H groups in total. The standard InChI is InChI=1S/C8H7ClN2O4/c9-5-1-2-6(11(13)14)7(3-5)15-4-8(10)12/h1-3H,4H2,(H2,10,12). The Morgan fingerprint density at radius 3 is 2.80 bits per heavy atom. The zero-order valence-corrected chi connectivity index (χ0v) is 8.23. The molecule has 0 heterocycles. The van der Waals surface area contributed by atoms with Gasteiger partial charge in [0.2, 0.25) is 0 Å². The maximum atomic E-state index is 10.5. The van der Waals surface area contributed by atoms with Gasteiger partial charge in [-0.05, 0) is 6.07 Å². The summed E-state index contributed by atoms with van der Waals surface area (Å²) in [6.45, 7) is -0.429. The SMILES string of the molecule is NC(=O)COc1cc(Cl)ccc1[N+](=O)[O-]. The third-order valence-electron chi connectivity index (χ3n) is 1.49. The first kappa shape index (κ1) is 11.3. The summed E-state index contributed by atoms with van der Waals surface area (Å²) in [4.78, 5) is 20.3. The second-order valence-corrected chi connectivity index (χ2v) is 3.06. The van der Waals surface area contributed by atoms with Gasteiger partial charge in [0.05, 0.1) is 4.92 Å². The van der Waals surface area contributed by atoms with E-state index in [4.69, 9.17) is 22.1 Å². The smallest absolute Gasteiger partial charge is 0.311 e. The van der Waals surface area contributed by atoms with E-state index in [1.54, 1.807) is 0 Å². The fourth-order valence-corrected chi connectivity index (χ4v) is 1.07. The first-order valence-electron chi connectivity index (χ1n) is 3.85. The average Bonchev–Trinajstić information content (AvgIpc) is 2.14. The van der Waals surface area contributed by atoms with Crippen LogP contribution in [0.2, 0.25) is 5.02 Å². The first-order valence-corrected chi connectivity index (χ1v) is 4.23. The molecule has 80 valence electrons. The summed E-state index contributed by atoms with van der Waals surface area (Å²) >= 11 is 5.62. The third-order valence-corrected chi connectivity index (χ3v) is 1.72. The minimum atomic E-state index is -0.718. The second kappa shape index (κ2) is 4.61. The first-order chi connectivity index (χ1) is 7.00. The lowest BCUT2D eigenvalue weighted by Gasteiger charge is -2.04. The van der Waals surface area contributed by atoms with Gasteiger partial charge in [-0.25, -0.2) is 0 Å². The zero-order valence-electron chi connectivity index (χ0n) is 7.47. The van der Waals surface area contributed by atoms with E-state index < -0.39 is 17.4 Å². The number of amides is 1. The van der Waals surface area contributed by atoms with E-state index in [1.807, 2.05) is 0 Å². The fraction of sp³-hybridized carbons (Fsp3) is 0.125. The van der Waals surface area contributed by atoms with Crippen molar-refractivity contribution in [1.82, 2.24) is 0 Å². The van der Waals surface area contributed by atoms with Crippen molar-refractivity contribution >= 4 is 23.2 Å². The lowest BCUT2D eigenvalue weighted by Crippen LogP contribution is -2.20. The zero-order chi connectivity index (χ0) is 11.4. The molecule has 1 amide bonds. The van der Waals surface area contributed by atoms with E-state index in [0.29, 0.717) is 0 Å². The number of nitro groups is 1. The number of halogens is 1. The normalized spacial score (nSPS) is 9.67. The van der Waals surface area contributed by atoms with E-state index in [9.17, 15) is 14.9 Å². The van der Waals surface area contributed by atoms with Crippen LogP contribution >= 0.6 is 11.6 Å². The molecule has 0 saturated heterocycles. The minimum absolute atomic E-state index is 0.0775. The van der Waals surface area contributed by atoms with Gasteiger partial charge in [0.25, 0.3) is 5.91 Å². The summed E-state index contributed by atoms with van der Waals surface area (Å²) in [6.07, 6.45) is 0. The maximum Gasteiger partial charge on any atom is 0.311 e. The molecule has 0 radical (unpaired) electrons. The molecule has 0 aliphatic heterocycles. The molecule has 0 spiro atoms. The Balaban J connectivity index is 2.96. The number of rotatable bonds is 4. The van der Waals surface area contributed by atoms with Gasteiger partial charge in [-0.3, -0.25) is 14.9 Å². The molecule has 0 atom stereocenters. The summed E-state index contributed by atoms with van der Waals surface area (Å²) < 4.78 is 4.84. The number of carbonyl (C=O) groups is 1. The van der Waals surface area contributed by atoms with Crippen LogP contribution in [0, 0.1) is 10.1 Å². The Morgan fingerprint density at radius 2 is 2.27 bits per heavy atom. The highest BCUT2D eigenvalue weighted by atomic mass is 35.5. The van der Waals surface area contributed by atoms with Crippen LogP contribution in [0.25, 0.3) is 0 Å². The number of hydrogen-bond donors (Lipinski definition) is 1. The molecule has 0 saturated carbocycles. The monoisotopic (exact) mass is 230 g/mol. The van der Waals surface area contributed by atoms with Crippen LogP contribution in [0.1, 0.15) is 0 Å². The lowest BCUT2D eigenvalue weighted by molar-refractivity contribution is -0.385. The third kappa shape index (κ3) is 3.10. The highest BCUT2D eigenvalue weighted by molar-refractivity contribution is 6.30. The van der Waals surface area contributed by atoms with Crippen molar-refractivity contribution in [3.05, 3.63) is 33.3 Å². The van der Waals surface area contributed by atoms with Crippen LogP contribution in [-0.4, -0.2) is 17.4 Å². The highest BCUT2D eigenvalue weighted by Crippen LogP contribution is 2.29. The van der Waals surface area contributed by atoms with Gasteiger partial charge in [-0.15, -0.1) is 0 Å². The topological polar surface area (TPSA) is 95.5 Å². The fourth-order valence-electron chi connectivity index (χ4n) is 0.903. The Kier molecular flexibility index (Phi) is 3.46. The molecule has 0 bridgehead atoms. The molecule has 1 rings (SSSR count). The summed E-state index contributed by atoms with van der Waals surface area (Å²) in [6, 6.07) is 3.80. The van der Waals surface area contributed by atoms with E-state index in [1.165, 1.54) is 18.2 Å². The van der Waals surface area contributed by atoms with Gasteiger partial charge in [0.1, 0.15) is 0 Å². The quantitative estimate of drug-likeness (QED) is 0.619. The summed E-state index contributed by atoms with van der Waals surface area (Å²) in [7, 11) is 0. The van der Waals surface area contributed by atoms with E-state index in [-0.39, 0.29) is 16.5 Å². The Labute approximate surface area is 89.7 Å². The highest BCUT2D eigenvalue weighted by Gasteiger charge is 2.15. The molecule has 0 aliphatic rings. The number of hydrogen-bond acceptors (Lipinski definition) is 4. The van der Waals surface area contributed by atoms with Crippen molar-refractivity contribution in [2.75, 3.05) is 6.61 Å². The summed E-state index contributed by atoms with van der Waals surface area (Å²) in [5, 5.41) is 10.8. The Bertz CT molecular complexity index is 408. The van der Waals surface area contributed by atoms with Crippen molar-refractivity contribution in [3.8, 4) is 5.75 Å².